The molecule has 3 aromatic carbocycles. The Hall–Kier alpha value is -3.50. The van der Waals surface area contributed by atoms with Crippen molar-refractivity contribution in [2.24, 2.45) is 0 Å². The topological polar surface area (TPSA) is 86.8 Å². The fourth-order valence-corrected chi connectivity index (χ4v) is 5.14. The van der Waals surface area contributed by atoms with Crippen LogP contribution in [0.4, 0.5) is 14.5 Å². The van der Waals surface area contributed by atoms with Crippen LogP contribution in [0, 0.1) is 11.6 Å². The van der Waals surface area contributed by atoms with Gasteiger partial charge in [0.1, 0.15) is 12.6 Å². The van der Waals surface area contributed by atoms with Gasteiger partial charge < -0.3 is 10.2 Å². The Labute approximate surface area is 238 Å². The van der Waals surface area contributed by atoms with Crippen molar-refractivity contribution in [2.75, 3.05) is 17.1 Å². The van der Waals surface area contributed by atoms with Crippen LogP contribution in [-0.4, -0.2) is 50.0 Å². The van der Waals surface area contributed by atoms with Crippen molar-refractivity contribution in [3.8, 4) is 0 Å². The first kappa shape index (κ1) is 31.0. The van der Waals surface area contributed by atoms with Gasteiger partial charge in [-0.25, -0.2) is 17.2 Å². The molecule has 11 heteroatoms. The fraction of sp³-hybridized carbons (Fsp3) is 0.310. The molecule has 40 heavy (non-hydrogen) atoms. The highest BCUT2D eigenvalue weighted by Crippen LogP contribution is 2.23. The molecule has 7 nitrogen and oxygen atoms in total. The van der Waals surface area contributed by atoms with Crippen LogP contribution in [0.5, 0.6) is 0 Å². The van der Waals surface area contributed by atoms with Gasteiger partial charge in [0, 0.05) is 30.1 Å². The molecule has 2 amide bonds. The zero-order valence-electron chi connectivity index (χ0n) is 22.5. The molecule has 0 spiro atoms. The van der Waals surface area contributed by atoms with Crippen LogP contribution in [0.15, 0.2) is 72.8 Å². The van der Waals surface area contributed by atoms with Crippen molar-refractivity contribution in [3.05, 3.63) is 101 Å². The number of nitrogens with zero attached hydrogens (tertiary/aromatic N) is 2. The predicted molar refractivity (Wildman–Crippen MR) is 152 cm³/mol. The lowest BCUT2D eigenvalue weighted by Crippen LogP contribution is -2.54. The van der Waals surface area contributed by atoms with Crippen molar-refractivity contribution in [1.82, 2.24) is 10.2 Å². The minimum Gasteiger partial charge on any atom is -0.352 e. The van der Waals surface area contributed by atoms with Crippen molar-refractivity contribution in [3.63, 3.8) is 0 Å². The van der Waals surface area contributed by atoms with Gasteiger partial charge >= 0.3 is 0 Å². The molecule has 0 unspecified atom stereocenters. The van der Waals surface area contributed by atoms with Gasteiger partial charge in [0.25, 0.3) is 0 Å². The molecule has 0 aliphatic carbocycles. The maximum atomic E-state index is 14.0. The molecule has 0 saturated carbocycles. The predicted octanol–water partition coefficient (Wildman–Crippen LogP) is 4.94. The lowest BCUT2D eigenvalue weighted by molar-refractivity contribution is -0.140. The summed E-state index contributed by atoms with van der Waals surface area (Å²) in [6.45, 7) is 2.96. The summed E-state index contributed by atoms with van der Waals surface area (Å²) in [6.07, 6.45) is 1.67. The van der Waals surface area contributed by atoms with Gasteiger partial charge in [0.15, 0.2) is 11.6 Å². The number of sulfonamides is 1. The Morgan fingerprint density at radius 1 is 0.950 bits per heavy atom. The molecule has 0 aliphatic heterocycles. The summed E-state index contributed by atoms with van der Waals surface area (Å²) in [5.74, 6) is -3.54. The summed E-state index contributed by atoms with van der Waals surface area (Å²) in [4.78, 5) is 28.8. The van der Waals surface area contributed by atoms with Gasteiger partial charge in [-0.3, -0.25) is 13.9 Å². The number of anilines is 1. The van der Waals surface area contributed by atoms with E-state index in [1.54, 1.807) is 24.3 Å². The SMILES string of the molecule is CC[C@H](C)NC(=O)[C@H](Cc1ccccc1)N(Cc1cccc(Cl)c1)C(=O)CN(c1ccc(F)c(F)c1)S(C)(=O)=O. The van der Waals surface area contributed by atoms with Gasteiger partial charge in [0.05, 0.1) is 11.9 Å². The van der Waals surface area contributed by atoms with Crippen LogP contribution in [0.2, 0.25) is 5.02 Å². The number of rotatable bonds is 12. The Morgan fingerprint density at radius 2 is 1.62 bits per heavy atom. The lowest BCUT2D eigenvalue weighted by atomic mass is 10.0. The highest BCUT2D eigenvalue weighted by Gasteiger charge is 2.33. The van der Waals surface area contributed by atoms with E-state index < -0.39 is 46.1 Å². The summed E-state index contributed by atoms with van der Waals surface area (Å²) in [5, 5.41) is 3.35. The smallest absolute Gasteiger partial charge is 0.244 e. The Bertz CT molecular complexity index is 1440. The first-order chi connectivity index (χ1) is 18.9. The monoisotopic (exact) mass is 591 g/mol. The Kier molecular flexibility index (Phi) is 10.6. The zero-order chi connectivity index (χ0) is 29.4. The van der Waals surface area contributed by atoms with E-state index >= 15 is 0 Å². The second-order valence-electron chi connectivity index (χ2n) is 9.54. The number of nitrogens with one attached hydrogen (secondary N) is 1. The highest BCUT2D eigenvalue weighted by atomic mass is 35.5. The number of hydrogen-bond acceptors (Lipinski definition) is 4. The largest absolute Gasteiger partial charge is 0.352 e. The molecular formula is C29H32ClF2N3O4S. The molecule has 3 aromatic rings. The van der Waals surface area contributed by atoms with Crippen molar-refractivity contribution < 1.29 is 26.8 Å². The number of benzene rings is 3. The molecule has 1 N–H and O–H groups in total. The molecule has 3 rings (SSSR count). The second kappa shape index (κ2) is 13.7. The molecule has 0 radical (unpaired) electrons. The quantitative estimate of drug-likeness (QED) is 0.323. The first-order valence-corrected chi connectivity index (χ1v) is 14.9. The minimum absolute atomic E-state index is 0.0554. The van der Waals surface area contributed by atoms with E-state index in [1.807, 2.05) is 44.2 Å². The van der Waals surface area contributed by atoms with Crippen molar-refractivity contribution in [2.45, 2.75) is 45.3 Å². The Morgan fingerprint density at radius 3 is 2.23 bits per heavy atom. The molecule has 0 bridgehead atoms. The van der Waals surface area contributed by atoms with Crippen LogP contribution in [0.1, 0.15) is 31.4 Å². The number of carbonyl (C=O) groups is 2. The summed E-state index contributed by atoms with van der Waals surface area (Å²) in [7, 11) is -4.11. The van der Waals surface area contributed by atoms with Crippen LogP contribution in [-0.2, 0) is 32.6 Å². The summed E-state index contributed by atoms with van der Waals surface area (Å²) in [6, 6.07) is 17.3. The standard InChI is InChI=1S/C29H32ClF2N3O4S/c1-4-20(2)33-29(37)27(16-21-9-6-5-7-10-21)34(18-22-11-8-12-23(30)15-22)28(36)19-35(40(3,38)39)24-13-14-25(31)26(32)17-24/h5-15,17,20,27H,4,16,18-19H2,1-3H3,(H,33,37)/t20-,27-/m0/s1. The molecular weight excluding hydrogens is 560 g/mol. The lowest BCUT2D eigenvalue weighted by Gasteiger charge is -2.34. The summed E-state index contributed by atoms with van der Waals surface area (Å²) in [5.41, 5.74) is 1.19. The van der Waals surface area contributed by atoms with E-state index in [1.165, 1.54) is 4.90 Å². The third kappa shape index (κ3) is 8.50. The second-order valence-corrected chi connectivity index (χ2v) is 11.9. The zero-order valence-corrected chi connectivity index (χ0v) is 24.1. The van der Waals surface area contributed by atoms with E-state index in [0.717, 1.165) is 24.0 Å². The van der Waals surface area contributed by atoms with Crippen molar-refractivity contribution >= 4 is 39.1 Å². The summed E-state index contributed by atoms with van der Waals surface area (Å²) >= 11 is 6.18. The molecule has 0 saturated heterocycles. The van der Waals surface area contributed by atoms with Gasteiger partial charge in [-0.2, -0.15) is 0 Å². The van der Waals surface area contributed by atoms with Gasteiger partial charge in [-0.05, 0) is 48.7 Å². The number of carbonyl (C=O) groups excluding carboxylic acids is 2. The molecule has 0 aliphatic rings. The third-order valence-electron chi connectivity index (χ3n) is 6.38. The van der Waals surface area contributed by atoms with E-state index in [-0.39, 0.29) is 24.7 Å². The van der Waals surface area contributed by atoms with E-state index in [2.05, 4.69) is 5.32 Å². The third-order valence-corrected chi connectivity index (χ3v) is 7.76. The number of amides is 2. The van der Waals surface area contributed by atoms with Crippen LogP contribution in [0.3, 0.4) is 0 Å². The van der Waals surface area contributed by atoms with Crippen LogP contribution in [0.25, 0.3) is 0 Å². The summed E-state index contributed by atoms with van der Waals surface area (Å²) < 4.78 is 53.7. The van der Waals surface area contributed by atoms with E-state index in [4.69, 9.17) is 11.6 Å². The fourth-order valence-electron chi connectivity index (χ4n) is 4.08. The van der Waals surface area contributed by atoms with Crippen LogP contribution >= 0.6 is 11.6 Å². The Balaban J connectivity index is 2.07. The molecule has 0 aromatic heterocycles. The van der Waals surface area contributed by atoms with E-state index in [9.17, 15) is 26.8 Å². The first-order valence-electron chi connectivity index (χ1n) is 12.7. The molecule has 0 fully saturated rings. The number of hydrogen-bond donors (Lipinski definition) is 1. The number of halogens is 3. The maximum Gasteiger partial charge on any atom is 0.244 e. The molecule has 2 atom stereocenters. The van der Waals surface area contributed by atoms with E-state index in [0.29, 0.717) is 27.4 Å². The van der Waals surface area contributed by atoms with Gasteiger partial charge in [-0.15, -0.1) is 0 Å². The van der Waals surface area contributed by atoms with Gasteiger partial charge in [0.2, 0.25) is 21.8 Å². The maximum absolute atomic E-state index is 14.0. The molecule has 0 heterocycles. The molecule has 214 valence electrons. The average molecular weight is 592 g/mol. The minimum atomic E-state index is -4.11. The van der Waals surface area contributed by atoms with Crippen molar-refractivity contribution in [1.29, 1.82) is 0 Å². The normalized spacial score (nSPS) is 12.8. The van der Waals surface area contributed by atoms with Gasteiger partial charge in [-0.1, -0.05) is 61.0 Å². The average Bonchev–Trinajstić information content (AvgIpc) is 2.90. The van der Waals surface area contributed by atoms with Crippen LogP contribution < -0.4 is 9.62 Å². The highest BCUT2D eigenvalue weighted by molar-refractivity contribution is 7.92.